The number of aliphatic carboxylic acids is 1. The standard InChI is InChI=1S/C24H36N4O8/c1-6-12(3)17-21(33)28-20(23(35)26-11-16(30)31)24(4,7-2)36-15-10-13(8-9-14(15)29)19(32)18(25-5)22(34)27-17/h8-10,12,17-20,25,29,32H,6-7,11H2,1-5H3,(H,26,35)(H,27,34)(H,28,33)(H,30,31)/t12-,17-,18+,19-,20+,24+/m0/s1. The average Bonchev–Trinajstić information content (AvgIpc) is 2.84. The van der Waals surface area contributed by atoms with E-state index >= 15 is 0 Å². The molecule has 2 rings (SSSR count). The monoisotopic (exact) mass is 508 g/mol. The van der Waals surface area contributed by atoms with Gasteiger partial charge in [-0.1, -0.05) is 33.3 Å². The van der Waals surface area contributed by atoms with E-state index in [4.69, 9.17) is 9.84 Å². The number of phenols is 1. The van der Waals surface area contributed by atoms with Crippen LogP contribution in [0.1, 0.15) is 52.2 Å². The van der Waals surface area contributed by atoms with Crippen molar-refractivity contribution in [2.45, 2.75) is 70.4 Å². The number of aliphatic hydroxyl groups excluding tert-OH is 1. The van der Waals surface area contributed by atoms with Gasteiger partial charge >= 0.3 is 5.97 Å². The van der Waals surface area contributed by atoms with Crippen LogP contribution in [-0.2, 0) is 19.2 Å². The van der Waals surface area contributed by atoms with E-state index in [9.17, 15) is 29.4 Å². The van der Waals surface area contributed by atoms with E-state index in [0.29, 0.717) is 6.42 Å². The number of hydrogen-bond donors (Lipinski definition) is 7. The van der Waals surface area contributed by atoms with Gasteiger partial charge in [0.05, 0.1) is 0 Å². The molecule has 0 radical (unpaired) electrons. The van der Waals surface area contributed by atoms with Crippen LogP contribution in [0.2, 0.25) is 0 Å². The number of rotatable bonds is 7. The molecular formula is C24H36N4O8. The normalized spacial score (nSPS) is 27.7. The molecule has 1 aromatic rings. The molecule has 6 atom stereocenters. The maximum absolute atomic E-state index is 13.4. The van der Waals surface area contributed by atoms with Crippen molar-refractivity contribution in [3.05, 3.63) is 23.8 Å². The largest absolute Gasteiger partial charge is 0.504 e. The number of phenolic OH excluding ortho intramolecular Hbond substituents is 1. The van der Waals surface area contributed by atoms with Crippen LogP contribution in [0.5, 0.6) is 11.5 Å². The SMILES string of the molecule is CC[C@H](C)[C@@H]1NC(=O)[C@H](NC)[C@@H](O)c2ccc(O)c(c2)O[C@](C)(CC)[C@@H](C(=O)NCC(=O)O)NC1=O. The summed E-state index contributed by atoms with van der Waals surface area (Å²) >= 11 is 0. The molecule has 1 aliphatic rings. The third-order valence-corrected chi connectivity index (χ3v) is 6.65. The van der Waals surface area contributed by atoms with Crippen molar-refractivity contribution in [3.63, 3.8) is 0 Å². The maximum Gasteiger partial charge on any atom is 0.322 e. The smallest absolute Gasteiger partial charge is 0.322 e. The van der Waals surface area contributed by atoms with E-state index < -0.39 is 60.1 Å². The Morgan fingerprint density at radius 1 is 1.19 bits per heavy atom. The Bertz CT molecular complexity index is 987. The van der Waals surface area contributed by atoms with Crippen LogP contribution in [0.4, 0.5) is 0 Å². The zero-order valence-corrected chi connectivity index (χ0v) is 21.1. The number of carbonyl (C=O) groups excluding carboxylic acids is 3. The lowest BCUT2D eigenvalue weighted by molar-refractivity contribution is -0.141. The third-order valence-electron chi connectivity index (χ3n) is 6.65. The summed E-state index contributed by atoms with van der Waals surface area (Å²) in [6.07, 6.45) is -0.691. The molecule has 36 heavy (non-hydrogen) atoms. The Morgan fingerprint density at radius 2 is 1.86 bits per heavy atom. The predicted molar refractivity (Wildman–Crippen MR) is 129 cm³/mol. The first-order valence-corrected chi connectivity index (χ1v) is 11.9. The number of fused-ring (bicyclic) bond motifs is 2. The number of aliphatic hydroxyl groups is 1. The van der Waals surface area contributed by atoms with E-state index in [1.807, 2.05) is 6.92 Å². The number of nitrogens with one attached hydrogen (secondary N) is 4. The number of aromatic hydroxyl groups is 1. The van der Waals surface area contributed by atoms with Crippen LogP contribution in [0.25, 0.3) is 0 Å². The summed E-state index contributed by atoms with van der Waals surface area (Å²) in [5.74, 6) is -4.16. The van der Waals surface area contributed by atoms with Crippen molar-refractivity contribution < 1.29 is 39.2 Å². The highest BCUT2D eigenvalue weighted by Gasteiger charge is 2.44. The minimum absolute atomic E-state index is 0.0887. The Morgan fingerprint density at radius 3 is 2.42 bits per heavy atom. The van der Waals surface area contributed by atoms with E-state index in [0.717, 1.165) is 0 Å². The Hall–Kier alpha value is -3.38. The van der Waals surface area contributed by atoms with Gasteiger partial charge < -0.3 is 41.3 Å². The Kier molecular flexibility index (Phi) is 9.65. The maximum atomic E-state index is 13.4. The predicted octanol–water partition coefficient (Wildman–Crippen LogP) is -0.209. The molecule has 1 aromatic carbocycles. The summed E-state index contributed by atoms with van der Waals surface area (Å²) in [7, 11) is 1.48. The van der Waals surface area contributed by atoms with E-state index in [1.165, 1.54) is 32.2 Å². The number of amides is 3. The quantitative estimate of drug-likeness (QED) is 0.262. The highest BCUT2D eigenvalue weighted by molar-refractivity contribution is 5.94. The van der Waals surface area contributed by atoms with Crippen molar-refractivity contribution in [2.24, 2.45) is 5.92 Å². The number of carbonyl (C=O) groups is 4. The lowest BCUT2D eigenvalue weighted by Gasteiger charge is -2.38. The highest BCUT2D eigenvalue weighted by Crippen LogP contribution is 2.35. The fourth-order valence-corrected chi connectivity index (χ4v) is 3.94. The summed E-state index contributed by atoms with van der Waals surface area (Å²) in [4.78, 5) is 50.7. The van der Waals surface area contributed by atoms with Crippen molar-refractivity contribution in [1.82, 2.24) is 21.3 Å². The van der Waals surface area contributed by atoms with Crippen LogP contribution in [0, 0.1) is 5.92 Å². The zero-order valence-electron chi connectivity index (χ0n) is 21.1. The number of hydrogen-bond acceptors (Lipinski definition) is 8. The first kappa shape index (κ1) is 28.9. The molecule has 3 amide bonds. The second kappa shape index (κ2) is 12.0. The number of carboxylic acids is 1. The van der Waals surface area contributed by atoms with Gasteiger partial charge in [-0.15, -0.1) is 0 Å². The summed E-state index contributed by atoms with van der Waals surface area (Å²) in [5.41, 5.74) is -1.21. The summed E-state index contributed by atoms with van der Waals surface area (Å²) in [6.45, 7) is 6.13. The highest BCUT2D eigenvalue weighted by atomic mass is 16.5. The van der Waals surface area contributed by atoms with Crippen molar-refractivity contribution >= 4 is 23.7 Å². The van der Waals surface area contributed by atoms with E-state index in [1.54, 1.807) is 13.8 Å². The Labute approximate surface area is 209 Å². The lowest BCUT2D eigenvalue weighted by Crippen LogP contribution is -2.65. The molecule has 0 unspecified atom stereocenters. The molecule has 2 bridgehead atoms. The van der Waals surface area contributed by atoms with E-state index in [-0.39, 0.29) is 29.4 Å². The summed E-state index contributed by atoms with van der Waals surface area (Å²) in [5, 5.41) is 40.8. The van der Waals surface area contributed by atoms with Crippen molar-refractivity contribution in [1.29, 1.82) is 0 Å². The lowest BCUT2D eigenvalue weighted by atomic mass is 9.90. The fraction of sp³-hybridized carbons (Fsp3) is 0.583. The van der Waals surface area contributed by atoms with Crippen molar-refractivity contribution in [3.8, 4) is 11.5 Å². The molecule has 0 saturated carbocycles. The van der Waals surface area contributed by atoms with Gasteiger partial charge in [-0.25, -0.2) is 0 Å². The fourth-order valence-electron chi connectivity index (χ4n) is 3.94. The zero-order chi connectivity index (χ0) is 27.2. The van der Waals surface area contributed by atoms with Crippen LogP contribution in [-0.4, -0.2) is 76.3 Å². The van der Waals surface area contributed by atoms with Gasteiger partial charge in [-0.05, 0) is 44.0 Å². The molecule has 12 nitrogen and oxygen atoms in total. The summed E-state index contributed by atoms with van der Waals surface area (Å²) in [6, 6.07) is 0.456. The first-order chi connectivity index (χ1) is 16.9. The van der Waals surface area contributed by atoms with Crippen LogP contribution < -0.4 is 26.0 Å². The van der Waals surface area contributed by atoms with Gasteiger partial charge in [0, 0.05) is 0 Å². The van der Waals surface area contributed by atoms with Gasteiger partial charge in [0.15, 0.2) is 11.5 Å². The number of carboxylic acid groups (broad SMARTS) is 1. The third kappa shape index (κ3) is 6.43. The van der Waals surface area contributed by atoms with Crippen LogP contribution in [0.3, 0.4) is 0 Å². The molecule has 0 saturated heterocycles. The molecule has 0 aromatic heterocycles. The molecule has 0 fully saturated rings. The van der Waals surface area contributed by atoms with Gasteiger partial charge in [0.25, 0.3) is 0 Å². The molecule has 200 valence electrons. The van der Waals surface area contributed by atoms with Crippen LogP contribution in [0.15, 0.2) is 18.2 Å². The number of ether oxygens (including phenoxy) is 1. The minimum atomic E-state index is -1.46. The van der Waals surface area contributed by atoms with Crippen molar-refractivity contribution in [2.75, 3.05) is 13.6 Å². The second-order valence-electron chi connectivity index (χ2n) is 9.13. The van der Waals surface area contributed by atoms with Crippen LogP contribution >= 0.6 is 0 Å². The molecule has 7 N–H and O–H groups in total. The van der Waals surface area contributed by atoms with E-state index in [2.05, 4.69) is 21.3 Å². The molecule has 1 heterocycles. The Balaban J connectivity index is 2.68. The molecule has 1 aliphatic heterocycles. The van der Waals surface area contributed by atoms with Gasteiger partial charge in [-0.3, -0.25) is 19.2 Å². The topological polar surface area (TPSA) is 186 Å². The molecular weight excluding hydrogens is 472 g/mol. The number of likely N-dealkylation sites (N-methyl/N-ethyl adjacent to an activating group) is 1. The summed E-state index contributed by atoms with van der Waals surface area (Å²) < 4.78 is 6.08. The first-order valence-electron chi connectivity index (χ1n) is 11.9. The minimum Gasteiger partial charge on any atom is -0.504 e. The van der Waals surface area contributed by atoms with Gasteiger partial charge in [-0.2, -0.15) is 0 Å². The number of benzene rings is 1. The molecule has 0 spiro atoms. The van der Waals surface area contributed by atoms with Gasteiger partial charge in [0.1, 0.15) is 36.4 Å². The molecule has 12 heteroatoms. The van der Waals surface area contributed by atoms with Gasteiger partial charge in [0.2, 0.25) is 17.7 Å². The average molecular weight is 509 g/mol. The second-order valence-corrected chi connectivity index (χ2v) is 9.13. The molecule has 0 aliphatic carbocycles.